The molecular formula is C52H42BN3O. The van der Waals surface area contributed by atoms with Crippen LogP contribution in [0.15, 0.2) is 150 Å². The summed E-state index contributed by atoms with van der Waals surface area (Å²) in [4.78, 5) is 2.41. The Morgan fingerprint density at radius 1 is 0.474 bits per heavy atom. The van der Waals surface area contributed by atoms with E-state index in [1.807, 2.05) is 0 Å². The first-order chi connectivity index (χ1) is 27.6. The summed E-state index contributed by atoms with van der Waals surface area (Å²) in [7, 11) is 0. The van der Waals surface area contributed by atoms with Crippen LogP contribution in [0.3, 0.4) is 0 Å². The van der Waals surface area contributed by atoms with Crippen LogP contribution in [-0.4, -0.2) is 15.9 Å². The number of rotatable bonds is 2. The average molecular weight is 736 g/mol. The first-order valence-electron chi connectivity index (χ1n) is 20.2. The summed E-state index contributed by atoms with van der Waals surface area (Å²) in [5, 5.41) is 6.20. The van der Waals surface area contributed by atoms with E-state index in [1.165, 1.54) is 88.2 Å². The molecule has 0 atom stereocenters. The van der Waals surface area contributed by atoms with Gasteiger partial charge in [-0.2, -0.15) is 0 Å². The summed E-state index contributed by atoms with van der Waals surface area (Å²) < 4.78 is 12.2. The van der Waals surface area contributed by atoms with Crippen LogP contribution in [0.4, 0.5) is 17.3 Å². The topological polar surface area (TPSA) is 26.2 Å². The Morgan fingerprint density at radius 2 is 1.14 bits per heavy atom. The predicted molar refractivity (Wildman–Crippen MR) is 241 cm³/mol. The van der Waals surface area contributed by atoms with Crippen LogP contribution in [-0.2, 0) is 10.8 Å². The lowest BCUT2D eigenvalue weighted by Gasteiger charge is -2.39. The zero-order chi connectivity index (χ0) is 38.5. The van der Waals surface area contributed by atoms with Gasteiger partial charge >= 0.3 is 6.85 Å². The van der Waals surface area contributed by atoms with E-state index in [4.69, 9.17) is 4.42 Å². The van der Waals surface area contributed by atoms with Crippen LogP contribution in [0.5, 0.6) is 0 Å². The van der Waals surface area contributed by atoms with Crippen molar-refractivity contribution >= 4 is 89.6 Å². The van der Waals surface area contributed by atoms with E-state index in [9.17, 15) is 0 Å². The van der Waals surface area contributed by atoms with Crippen molar-refractivity contribution in [2.24, 2.45) is 0 Å². The molecule has 0 saturated heterocycles. The van der Waals surface area contributed by atoms with Crippen LogP contribution in [0.1, 0.15) is 52.7 Å². The second-order valence-electron chi connectivity index (χ2n) is 18.2. The maximum absolute atomic E-state index is 7.10. The molecule has 3 aromatic heterocycles. The fourth-order valence-corrected chi connectivity index (χ4v) is 10.0. The number of aromatic nitrogens is 2. The second kappa shape index (κ2) is 11.1. The van der Waals surface area contributed by atoms with Crippen molar-refractivity contribution in [3.8, 4) is 16.8 Å². The first-order valence-corrected chi connectivity index (χ1v) is 20.2. The summed E-state index contributed by atoms with van der Waals surface area (Å²) in [6.45, 7) is 13.7. The van der Waals surface area contributed by atoms with Crippen LogP contribution < -0.4 is 15.8 Å². The Balaban J connectivity index is 1.24. The molecule has 57 heavy (non-hydrogen) atoms. The Kier molecular flexibility index (Phi) is 6.38. The minimum absolute atomic E-state index is 0.0464. The number of fused-ring (bicyclic) bond motifs is 12. The molecule has 0 N–H and O–H groups in total. The highest BCUT2D eigenvalue weighted by Crippen LogP contribution is 2.49. The Morgan fingerprint density at radius 3 is 1.91 bits per heavy atom. The standard InChI is InChI=1S/C52H42BN3O/c1-51(2,3)31-23-25-34(26-24-31)55-45-28-32(52(4,5)6)27-41-37-20-14-19-36-40-29-43-39(35-17-10-12-21-42(35)54(43)33-15-8-7-9-16-33)30-44(40)56(49(36)37)53(47(41)45)48-38-18-11-13-22-46(38)57-50(48)55/h7-30H,1-6H3. The quantitative estimate of drug-likeness (QED) is 0.165. The van der Waals surface area contributed by atoms with Crippen LogP contribution >= 0.6 is 0 Å². The predicted octanol–water partition coefficient (Wildman–Crippen LogP) is 12.7. The normalized spacial score (nSPS) is 13.7. The van der Waals surface area contributed by atoms with Gasteiger partial charge in [-0.15, -0.1) is 0 Å². The highest BCUT2D eigenvalue weighted by atomic mass is 16.4. The van der Waals surface area contributed by atoms with Crippen LogP contribution in [0, 0.1) is 0 Å². The third-order valence-electron chi connectivity index (χ3n) is 12.8. The van der Waals surface area contributed by atoms with E-state index < -0.39 is 0 Å². The molecule has 2 aliphatic heterocycles. The maximum atomic E-state index is 7.10. The minimum atomic E-state index is -0.109. The zero-order valence-electron chi connectivity index (χ0n) is 33.2. The highest BCUT2D eigenvalue weighted by molar-refractivity contribution is 6.91. The van der Waals surface area contributed by atoms with Crippen molar-refractivity contribution in [3.05, 3.63) is 157 Å². The molecule has 0 aliphatic carbocycles. The number of anilines is 3. The average Bonchev–Trinajstić information content (AvgIpc) is 3.86. The lowest BCUT2D eigenvalue weighted by Crippen LogP contribution is -2.56. The van der Waals surface area contributed by atoms with E-state index in [2.05, 4.69) is 201 Å². The molecule has 4 nitrogen and oxygen atoms in total. The summed E-state index contributed by atoms with van der Waals surface area (Å²) in [6, 6.07) is 54.2. The van der Waals surface area contributed by atoms with Crippen molar-refractivity contribution in [2.45, 2.75) is 52.4 Å². The van der Waals surface area contributed by atoms with Gasteiger partial charge < -0.3 is 13.5 Å². The summed E-state index contributed by atoms with van der Waals surface area (Å²) >= 11 is 0. The number of hydrogen-bond acceptors (Lipinski definition) is 2. The molecule has 0 bridgehead atoms. The molecular weight excluding hydrogens is 693 g/mol. The minimum Gasteiger partial charge on any atom is -0.440 e. The number of para-hydroxylation sites is 4. The van der Waals surface area contributed by atoms with Crippen molar-refractivity contribution in [3.63, 3.8) is 0 Å². The van der Waals surface area contributed by atoms with Crippen molar-refractivity contribution < 1.29 is 4.42 Å². The van der Waals surface area contributed by atoms with Gasteiger partial charge in [0.15, 0.2) is 0 Å². The molecule has 0 fully saturated rings. The highest BCUT2D eigenvalue weighted by Gasteiger charge is 2.46. The van der Waals surface area contributed by atoms with E-state index >= 15 is 0 Å². The van der Waals surface area contributed by atoms with Gasteiger partial charge in [0.1, 0.15) is 5.58 Å². The molecule has 0 spiro atoms. The molecule has 7 aromatic carbocycles. The Labute approximate surface area is 332 Å². The Hall–Kier alpha value is -6.46. The molecule has 0 radical (unpaired) electrons. The largest absolute Gasteiger partial charge is 0.440 e. The lowest BCUT2D eigenvalue weighted by atomic mass is 9.45. The van der Waals surface area contributed by atoms with Gasteiger partial charge in [-0.3, -0.25) is 4.90 Å². The molecule has 5 heterocycles. The fourth-order valence-electron chi connectivity index (χ4n) is 10.0. The third-order valence-corrected chi connectivity index (χ3v) is 12.8. The van der Waals surface area contributed by atoms with Gasteiger partial charge in [-0.1, -0.05) is 133 Å². The van der Waals surface area contributed by atoms with E-state index in [0.29, 0.717) is 0 Å². The van der Waals surface area contributed by atoms with Gasteiger partial charge in [-0.05, 0) is 87.6 Å². The summed E-state index contributed by atoms with van der Waals surface area (Å²) in [5.41, 5.74) is 17.0. The SMILES string of the molecule is CC(C)(C)c1ccc(N2c3cc(C(C)(C)C)cc4c3B(c3c2oc2ccccc32)n2c3cc5c6ccccc6n(-c6ccccc6)c5cc3c3cccc-4c32)cc1. The number of furan rings is 1. The van der Waals surface area contributed by atoms with Crippen molar-refractivity contribution in [2.75, 3.05) is 4.90 Å². The smallest absolute Gasteiger partial charge is 0.337 e. The number of hydrogen-bond donors (Lipinski definition) is 0. The van der Waals surface area contributed by atoms with E-state index in [0.717, 1.165) is 22.5 Å². The molecule has 0 saturated carbocycles. The molecule has 2 aliphatic rings. The third kappa shape index (κ3) is 4.40. The summed E-state index contributed by atoms with van der Waals surface area (Å²) in [6.07, 6.45) is 0. The molecule has 10 aromatic rings. The molecule has 0 unspecified atom stereocenters. The number of benzene rings is 7. The second-order valence-corrected chi connectivity index (χ2v) is 18.2. The van der Waals surface area contributed by atoms with Crippen LogP contribution in [0.25, 0.3) is 71.4 Å². The monoisotopic (exact) mass is 735 g/mol. The number of nitrogens with zero attached hydrogens (tertiary/aromatic N) is 3. The van der Waals surface area contributed by atoms with Crippen LogP contribution in [0.2, 0.25) is 0 Å². The zero-order valence-corrected chi connectivity index (χ0v) is 33.2. The molecule has 5 heteroatoms. The lowest BCUT2D eigenvalue weighted by molar-refractivity contribution is 0.589. The molecule has 0 amide bonds. The van der Waals surface area contributed by atoms with Crippen molar-refractivity contribution in [1.82, 2.24) is 9.05 Å². The maximum Gasteiger partial charge on any atom is 0.337 e. The van der Waals surface area contributed by atoms with E-state index in [-0.39, 0.29) is 17.7 Å². The van der Waals surface area contributed by atoms with Gasteiger partial charge in [-0.25, -0.2) is 0 Å². The molecule has 274 valence electrons. The van der Waals surface area contributed by atoms with Gasteiger partial charge in [0.05, 0.1) is 11.0 Å². The van der Waals surface area contributed by atoms with E-state index in [1.54, 1.807) is 0 Å². The van der Waals surface area contributed by atoms with Gasteiger partial charge in [0.25, 0.3) is 0 Å². The van der Waals surface area contributed by atoms with Crippen molar-refractivity contribution in [1.29, 1.82) is 0 Å². The van der Waals surface area contributed by atoms with Gasteiger partial charge in [0, 0.05) is 66.1 Å². The summed E-state index contributed by atoms with van der Waals surface area (Å²) in [5.74, 6) is 0.894. The molecule has 12 rings (SSSR count). The van der Waals surface area contributed by atoms with Gasteiger partial charge in [0.2, 0.25) is 5.88 Å². The fraction of sp³-hybridized carbons (Fsp3) is 0.154. The Bertz CT molecular complexity index is 3310. The first kappa shape index (κ1) is 32.8.